The Morgan fingerprint density at radius 2 is 2.14 bits per heavy atom. The molecule has 1 aromatic rings. The average Bonchev–Trinajstić information content (AvgIpc) is 2.93. The van der Waals surface area contributed by atoms with E-state index >= 15 is 0 Å². The number of carbonyl (C=O) groups is 2. The van der Waals surface area contributed by atoms with Crippen LogP contribution in [-0.4, -0.2) is 53.7 Å². The summed E-state index contributed by atoms with van der Waals surface area (Å²) in [6.45, 7) is 2.29. The van der Waals surface area contributed by atoms with E-state index in [4.69, 9.17) is 0 Å². The van der Waals surface area contributed by atoms with E-state index in [1.54, 1.807) is 26.5 Å². The van der Waals surface area contributed by atoms with Gasteiger partial charge >= 0.3 is 0 Å². The molecule has 2 amide bonds. The number of likely N-dealkylation sites (N-methyl/N-ethyl adjacent to an activating group) is 1. The normalized spacial score (nSPS) is 15.5. The fourth-order valence-electron chi connectivity index (χ4n) is 2.52. The number of amides is 2. The lowest BCUT2D eigenvalue weighted by Gasteiger charge is -2.22. The lowest BCUT2D eigenvalue weighted by molar-refractivity contribution is -0.129. The van der Waals surface area contributed by atoms with Crippen LogP contribution >= 0.6 is 0 Å². The highest BCUT2D eigenvalue weighted by Crippen LogP contribution is 2.18. The highest BCUT2D eigenvalue weighted by atomic mass is 16.2. The molecule has 0 aromatic carbocycles. The van der Waals surface area contributed by atoms with E-state index in [2.05, 4.69) is 15.7 Å². The van der Waals surface area contributed by atoms with E-state index < -0.39 is 0 Å². The number of nitrogens with zero attached hydrogens (tertiary/aromatic N) is 3. The molecule has 0 radical (unpaired) electrons. The molecule has 0 aliphatic carbocycles. The number of rotatable bonds is 6. The average molecular weight is 307 g/mol. The quantitative estimate of drug-likeness (QED) is 0.810. The van der Waals surface area contributed by atoms with Gasteiger partial charge in [-0.2, -0.15) is 5.10 Å². The summed E-state index contributed by atoms with van der Waals surface area (Å²) in [6.07, 6.45) is 7.03. The second kappa shape index (κ2) is 7.93. The molecule has 1 aliphatic rings. The molecule has 1 fully saturated rings. The van der Waals surface area contributed by atoms with Crippen molar-refractivity contribution in [3.05, 3.63) is 12.4 Å². The smallest absolute Gasteiger partial charge is 0.243 e. The van der Waals surface area contributed by atoms with Gasteiger partial charge in [0.2, 0.25) is 11.8 Å². The van der Waals surface area contributed by atoms with Gasteiger partial charge < -0.3 is 15.5 Å². The maximum absolute atomic E-state index is 12.0. The van der Waals surface area contributed by atoms with Crippen LogP contribution in [0.1, 0.15) is 25.7 Å². The summed E-state index contributed by atoms with van der Waals surface area (Å²) in [5, 5.41) is 10.3. The van der Waals surface area contributed by atoms with Crippen LogP contribution in [0.25, 0.3) is 0 Å². The summed E-state index contributed by atoms with van der Waals surface area (Å²) in [5.74, 6) is 0.622. The first-order chi connectivity index (χ1) is 10.5. The minimum Gasteiger partial charge on any atom is -0.347 e. The first-order valence-electron chi connectivity index (χ1n) is 7.78. The predicted octanol–water partition coefficient (Wildman–Crippen LogP) is 0.690. The Morgan fingerprint density at radius 1 is 1.41 bits per heavy atom. The van der Waals surface area contributed by atoms with E-state index in [0.29, 0.717) is 18.0 Å². The molecule has 1 aliphatic heterocycles. The van der Waals surface area contributed by atoms with Crippen LogP contribution in [0.4, 0.5) is 5.69 Å². The Morgan fingerprint density at radius 3 is 2.82 bits per heavy atom. The molecule has 0 atom stereocenters. The number of hydrogen-bond acceptors (Lipinski definition) is 4. The summed E-state index contributed by atoms with van der Waals surface area (Å²) in [5.41, 5.74) is 0.641. The third kappa shape index (κ3) is 5.14. The minimum atomic E-state index is -0.0353. The number of aromatic nitrogens is 2. The molecule has 2 N–H and O–H groups in total. The molecule has 22 heavy (non-hydrogen) atoms. The molecule has 0 unspecified atom stereocenters. The van der Waals surface area contributed by atoms with Crippen molar-refractivity contribution in [1.29, 1.82) is 0 Å². The number of anilines is 1. The summed E-state index contributed by atoms with van der Waals surface area (Å²) in [6, 6.07) is 0. The van der Waals surface area contributed by atoms with Crippen LogP contribution < -0.4 is 10.6 Å². The first-order valence-corrected chi connectivity index (χ1v) is 7.78. The Hall–Kier alpha value is -1.89. The van der Waals surface area contributed by atoms with Crippen molar-refractivity contribution in [3.63, 3.8) is 0 Å². The zero-order valence-electron chi connectivity index (χ0n) is 13.3. The zero-order chi connectivity index (χ0) is 15.9. The topological polar surface area (TPSA) is 79.3 Å². The van der Waals surface area contributed by atoms with Gasteiger partial charge in [-0.25, -0.2) is 0 Å². The molecule has 0 saturated carbocycles. The highest BCUT2D eigenvalue weighted by molar-refractivity contribution is 5.90. The molecule has 1 saturated heterocycles. The van der Waals surface area contributed by atoms with Crippen molar-refractivity contribution in [2.75, 3.05) is 32.5 Å². The van der Waals surface area contributed by atoms with E-state index in [1.807, 2.05) is 0 Å². The van der Waals surface area contributed by atoms with Gasteiger partial charge in [-0.3, -0.25) is 14.3 Å². The van der Waals surface area contributed by atoms with E-state index in [0.717, 1.165) is 32.4 Å². The number of piperidine rings is 1. The molecular weight excluding hydrogens is 282 g/mol. The first kappa shape index (κ1) is 16.5. The van der Waals surface area contributed by atoms with Crippen LogP contribution in [0.2, 0.25) is 0 Å². The molecule has 7 heteroatoms. The van der Waals surface area contributed by atoms with Crippen LogP contribution in [0.5, 0.6) is 0 Å². The fraction of sp³-hybridized carbons (Fsp3) is 0.667. The van der Waals surface area contributed by atoms with Crippen LogP contribution in [0.3, 0.4) is 0 Å². The molecule has 122 valence electrons. The minimum absolute atomic E-state index is 0.0111. The third-order valence-electron chi connectivity index (χ3n) is 3.95. The van der Waals surface area contributed by atoms with Gasteiger partial charge in [-0.1, -0.05) is 0 Å². The van der Waals surface area contributed by atoms with E-state index in [9.17, 15) is 9.59 Å². The van der Waals surface area contributed by atoms with Crippen LogP contribution in [-0.2, 0) is 16.1 Å². The van der Waals surface area contributed by atoms with Gasteiger partial charge in [-0.05, 0) is 38.3 Å². The Balaban J connectivity index is 1.74. The lowest BCUT2D eigenvalue weighted by atomic mass is 9.93. The zero-order valence-corrected chi connectivity index (χ0v) is 13.3. The molecule has 1 aromatic heterocycles. The fourth-order valence-corrected chi connectivity index (χ4v) is 2.52. The standard InChI is InChI=1S/C15H25N5O2/c1-19(2)15(22)11-20-10-13(9-17-20)18-14(21)4-3-12-5-7-16-8-6-12/h9-10,12,16H,3-8,11H2,1-2H3,(H,18,21). The largest absolute Gasteiger partial charge is 0.347 e. The summed E-state index contributed by atoms with van der Waals surface area (Å²) in [7, 11) is 3.41. The summed E-state index contributed by atoms with van der Waals surface area (Å²) >= 11 is 0. The number of nitrogens with one attached hydrogen (secondary N) is 2. The third-order valence-corrected chi connectivity index (χ3v) is 3.95. The van der Waals surface area contributed by atoms with Crippen molar-refractivity contribution in [2.24, 2.45) is 5.92 Å². The Labute approximate surface area is 131 Å². The van der Waals surface area contributed by atoms with Gasteiger partial charge in [0.1, 0.15) is 6.54 Å². The van der Waals surface area contributed by atoms with Gasteiger partial charge in [0.25, 0.3) is 0 Å². The van der Waals surface area contributed by atoms with Gasteiger partial charge in [0.15, 0.2) is 0 Å². The maximum atomic E-state index is 12.0. The van der Waals surface area contributed by atoms with Gasteiger partial charge in [0.05, 0.1) is 11.9 Å². The molecule has 0 spiro atoms. The number of carbonyl (C=O) groups excluding carboxylic acids is 2. The predicted molar refractivity (Wildman–Crippen MR) is 84.4 cm³/mol. The van der Waals surface area contributed by atoms with E-state index in [1.165, 1.54) is 9.58 Å². The van der Waals surface area contributed by atoms with Crippen molar-refractivity contribution < 1.29 is 9.59 Å². The molecular formula is C15H25N5O2. The van der Waals surface area contributed by atoms with Crippen LogP contribution in [0.15, 0.2) is 12.4 Å². The molecule has 2 rings (SSSR count). The van der Waals surface area contributed by atoms with Gasteiger partial charge in [-0.15, -0.1) is 0 Å². The monoisotopic (exact) mass is 307 g/mol. The summed E-state index contributed by atoms with van der Waals surface area (Å²) < 4.78 is 1.53. The summed E-state index contributed by atoms with van der Waals surface area (Å²) in [4.78, 5) is 25.1. The molecule has 2 heterocycles. The van der Waals surface area contributed by atoms with Crippen molar-refractivity contribution in [1.82, 2.24) is 20.0 Å². The van der Waals surface area contributed by atoms with Crippen molar-refractivity contribution in [3.8, 4) is 0 Å². The van der Waals surface area contributed by atoms with Crippen molar-refractivity contribution >= 4 is 17.5 Å². The molecule has 7 nitrogen and oxygen atoms in total. The van der Waals surface area contributed by atoms with Crippen molar-refractivity contribution in [2.45, 2.75) is 32.2 Å². The lowest BCUT2D eigenvalue weighted by Crippen LogP contribution is -2.28. The second-order valence-corrected chi connectivity index (χ2v) is 5.99. The maximum Gasteiger partial charge on any atom is 0.243 e. The van der Waals surface area contributed by atoms with E-state index in [-0.39, 0.29) is 18.4 Å². The molecule has 0 bridgehead atoms. The SMILES string of the molecule is CN(C)C(=O)Cn1cc(NC(=O)CCC2CCNCC2)cn1. The number of hydrogen-bond donors (Lipinski definition) is 2. The Kier molecular flexibility index (Phi) is 5.94. The second-order valence-electron chi connectivity index (χ2n) is 5.99. The van der Waals surface area contributed by atoms with Crippen LogP contribution in [0, 0.1) is 5.92 Å². The van der Waals surface area contributed by atoms with Gasteiger partial charge in [0, 0.05) is 26.7 Å². The Bertz CT molecular complexity index is 506. The highest BCUT2D eigenvalue weighted by Gasteiger charge is 2.15.